The number of ether oxygens (including phenoxy) is 1. The highest BCUT2D eigenvalue weighted by molar-refractivity contribution is 6.30. The molecule has 0 saturated carbocycles. The molecule has 1 heterocycles. The van der Waals surface area contributed by atoms with Crippen LogP contribution in [0.4, 0.5) is 9.18 Å². The molecule has 0 atom stereocenters. The summed E-state index contributed by atoms with van der Waals surface area (Å²) >= 11 is 5.73. The normalized spacial score (nSPS) is 16.0. The van der Waals surface area contributed by atoms with Crippen LogP contribution in [-0.2, 0) is 11.3 Å². The lowest BCUT2D eigenvalue weighted by atomic mass is 10.0. The molecule has 0 bridgehead atoms. The van der Waals surface area contributed by atoms with Crippen molar-refractivity contribution >= 4 is 17.7 Å². The van der Waals surface area contributed by atoms with Gasteiger partial charge in [0.05, 0.1) is 6.61 Å². The van der Waals surface area contributed by atoms with E-state index in [1.807, 2.05) is 0 Å². The summed E-state index contributed by atoms with van der Waals surface area (Å²) in [7, 11) is 0. The molecule has 0 radical (unpaired) electrons. The van der Waals surface area contributed by atoms with Crippen LogP contribution < -0.4 is 5.32 Å². The quantitative estimate of drug-likeness (QED) is 0.928. The number of piperidine rings is 1. The maximum atomic E-state index is 13.7. The fourth-order valence-corrected chi connectivity index (χ4v) is 2.56. The fraction of sp³-hybridized carbons (Fsp3) is 0.533. The second kappa shape index (κ2) is 7.61. The summed E-state index contributed by atoms with van der Waals surface area (Å²) in [6.45, 7) is 3.99. The van der Waals surface area contributed by atoms with Gasteiger partial charge < -0.3 is 15.0 Å². The van der Waals surface area contributed by atoms with Gasteiger partial charge in [0.2, 0.25) is 0 Å². The van der Waals surface area contributed by atoms with Gasteiger partial charge >= 0.3 is 6.09 Å². The lowest BCUT2D eigenvalue weighted by molar-refractivity contribution is 0.0950. The molecule has 1 aliphatic rings. The molecule has 1 fully saturated rings. The van der Waals surface area contributed by atoms with E-state index < -0.39 is 0 Å². The summed E-state index contributed by atoms with van der Waals surface area (Å²) in [5, 5.41) is 3.73. The maximum absolute atomic E-state index is 13.7. The number of rotatable bonds is 4. The molecule has 1 N–H and O–H groups in total. The molecule has 0 aliphatic carbocycles. The van der Waals surface area contributed by atoms with Crippen LogP contribution in [0.3, 0.4) is 0 Å². The highest BCUT2D eigenvalue weighted by Gasteiger charge is 2.23. The van der Waals surface area contributed by atoms with E-state index in [9.17, 15) is 9.18 Å². The van der Waals surface area contributed by atoms with Crippen LogP contribution in [0.1, 0.15) is 25.3 Å². The van der Waals surface area contributed by atoms with Gasteiger partial charge in [0, 0.05) is 36.3 Å². The Morgan fingerprint density at radius 1 is 1.48 bits per heavy atom. The molecule has 1 aliphatic heterocycles. The topological polar surface area (TPSA) is 41.6 Å². The predicted molar refractivity (Wildman–Crippen MR) is 79.9 cm³/mol. The number of nitrogens with one attached hydrogen (secondary N) is 1. The van der Waals surface area contributed by atoms with Crippen molar-refractivity contribution in [3.05, 3.63) is 34.6 Å². The van der Waals surface area contributed by atoms with Crippen LogP contribution in [0.2, 0.25) is 5.02 Å². The molecule has 4 nitrogen and oxygen atoms in total. The first-order valence-corrected chi connectivity index (χ1v) is 7.57. The van der Waals surface area contributed by atoms with Crippen LogP contribution >= 0.6 is 11.6 Å². The molecule has 0 spiro atoms. The second-order valence-electron chi connectivity index (χ2n) is 5.08. The maximum Gasteiger partial charge on any atom is 0.409 e. The standard InChI is InChI=1S/C15H20ClFN2O2/c1-2-21-15(20)19-7-5-13(6-8-19)18-10-11-3-4-12(16)9-14(11)17/h3-4,9,13,18H,2,5-8,10H2,1H3. The molecule has 116 valence electrons. The molecule has 0 unspecified atom stereocenters. The zero-order chi connectivity index (χ0) is 15.2. The molecule has 1 amide bonds. The Balaban J connectivity index is 1.77. The van der Waals surface area contributed by atoms with Gasteiger partial charge in [-0.2, -0.15) is 0 Å². The van der Waals surface area contributed by atoms with E-state index in [0.29, 0.717) is 36.8 Å². The van der Waals surface area contributed by atoms with Crippen molar-refractivity contribution in [1.82, 2.24) is 10.2 Å². The summed E-state index contributed by atoms with van der Waals surface area (Å²) in [5.74, 6) is -0.293. The van der Waals surface area contributed by atoms with Gasteiger partial charge in [0.25, 0.3) is 0 Å². The van der Waals surface area contributed by atoms with Gasteiger partial charge in [0.15, 0.2) is 0 Å². The highest BCUT2D eigenvalue weighted by atomic mass is 35.5. The van der Waals surface area contributed by atoms with Crippen molar-refractivity contribution in [2.24, 2.45) is 0 Å². The number of hydrogen-bond acceptors (Lipinski definition) is 3. The van der Waals surface area contributed by atoms with E-state index in [1.54, 1.807) is 24.0 Å². The first kappa shape index (κ1) is 16.0. The third kappa shape index (κ3) is 4.58. The van der Waals surface area contributed by atoms with E-state index in [-0.39, 0.29) is 18.0 Å². The minimum Gasteiger partial charge on any atom is -0.450 e. The van der Waals surface area contributed by atoms with E-state index in [1.165, 1.54) is 6.07 Å². The van der Waals surface area contributed by atoms with Crippen molar-refractivity contribution in [2.45, 2.75) is 32.4 Å². The number of halogens is 2. The Morgan fingerprint density at radius 2 is 2.19 bits per heavy atom. The lowest BCUT2D eigenvalue weighted by Gasteiger charge is -2.31. The zero-order valence-electron chi connectivity index (χ0n) is 12.1. The van der Waals surface area contributed by atoms with Crippen molar-refractivity contribution in [3.8, 4) is 0 Å². The number of carbonyl (C=O) groups is 1. The van der Waals surface area contributed by atoms with Gasteiger partial charge in [-0.3, -0.25) is 0 Å². The van der Waals surface area contributed by atoms with E-state index >= 15 is 0 Å². The van der Waals surface area contributed by atoms with Gasteiger partial charge in [-0.25, -0.2) is 9.18 Å². The van der Waals surface area contributed by atoms with Gasteiger partial charge in [0.1, 0.15) is 5.82 Å². The molecule has 1 saturated heterocycles. The average molecular weight is 315 g/mol. The monoisotopic (exact) mass is 314 g/mol. The summed E-state index contributed by atoms with van der Waals surface area (Å²) in [5.41, 5.74) is 0.604. The Kier molecular flexibility index (Phi) is 5.82. The van der Waals surface area contributed by atoms with Gasteiger partial charge in [-0.1, -0.05) is 17.7 Å². The number of benzene rings is 1. The van der Waals surface area contributed by atoms with E-state index in [4.69, 9.17) is 16.3 Å². The predicted octanol–water partition coefficient (Wildman–Crippen LogP) is 3.19. The molecule has 1 aromatic carbocycles. The number of nitrogens with zero attached hydrogens (tertiary/aromatic N) is 1. The second-order valence-corrected chi connectivity index (χ2v) is 5.51. The molecule has 2 rings (SSSR count). The first-order valence-electron chi connectivity index (χ1n) is 7.19. The summed E-state index contributed by atoms with van der Waals surface area (Å²) in [6, 6.07) is 4.98. The molecule has 0 aromatic heterocycles. The fourth-order valence-electron chi connectivity index (χ4n) is 2.40. The van der Waals surface area contributed by atoms with Crippen LogP contribution in [0.5, 0.6) is 0 Å². The lowest BCUT2D eigenvalue weighted by Crippen LogP contribution is -2.45. The SMILES string of the molecule is CCOC(=O)N1CCC(NCc2ccc(Cl)cc2F)CC1. The number of amides is 1. The molecular formula is C15H20ClFN2O2. The van der Waals surface area contributed by atoms with Crippen LogP contribution in [-0.4, -0.2) is 36.7 Å². The number of likely N-dealkylation sites (tertiary alicyclic amines) is 1. The summed E-state index contributed by atoms with van der Waals surface area (Å²) in [4.78, 5) is 13.3. The van der Waals surface area contributed by atoms with Crippen LogP contribution in [0.15, 0.2) is 18.2 Å². The Labute approximate surface area is 129 Å². The van der Waals surface area contributed by atoms with E-state index in [2.05, 4.69) is 5.32 Å². The minimum atomic E-state index is -0.293. The molecule has 21 heavy (non-hydrogen) atoms. The highest BCUT2D eigenvalue weighted by Crippen LogP contribution is 2.16. The van der Waals surface area contributed by atoms with Gasteiger partial charge in [-0.15, -0.1) is 0 Å². The van der Waals surface area contributed by atoms with Crippen molar-refractivity contribution in [2.75, 3.05) is 19.7 Å². The van der Waals surface area contributed by atoms with Gasteiger partial charge in [-0.05, 0) is 31.9 Å². The number of carbonyl (C=O) groups excluding carboxylic acids is 1. The van der Waals surface area contributed by atoms with Crippen LogP contribution in [0, 0.1) is 5.82 Å². The van der Waals surface area contributed by atoms with Crippen LogP contribution in [0.25, 0.3) is 0 Å². The Hall–Kier alpha value is -1.33. The Bertz CT molecular complexity index is 491. The first-order chi connectivity index (χ1) is 10.1. The van der Waals surface area contributed by atoms with Crippen molar-refractivity contribution in [3.63, 3.8) is 0 Å². The smallest absolute Gasteiger partial charge is 0.409 e. The third-order valence-corrected chi connectivity index (χ3v) is 3.85. The summed E-state index contributed by atoms with van der Waals surface area (Å²) < 4.78 is 18.6. The summed E-state index contributed by atoms with van der Waals surface area (Å²) in [6.07, 6.45) is 1.43. The van der Waals surface area contributed by atoms with E-state index in [0.717, 1.165) is 12.8 Å². The average Bonchev–Trinajstić information content (AvgIpc) is 2.47. The van der Waals surface area contributed by atoms with Crippen molar-refractivity contribution < 1.29 is 13.9 Å². The zero-order valence-corrected chi connectivity index (χ0v) is 12.8. The number of hydrogen-bond donors (Lipinski definition) is 1. The molecule has 1 aromatic rings. The largest absolute Gasteiger partial charge is 0.450 e. The third-order valence-electron chi connectivity index (χ3n) is 3.62. The molecular weight excluding hydrogens is 295 g/mol. The minimum absolute atomic E-state index is 0.250. The Morgan fingerprint density at radius 3 is 2.81 bits per heavy atom. The molecule has 6 heteroatoms. The van der Waals surface area contributed by atoms with Crippen molar-refractivity contribution in [1.29, 1.82) is 0 Å².